The number of fused-ring (bicyclic) bond motifs is 1. The lowest BCUT2D eigenvalue weighted by molar-refractivity contribution is 1.24. The summed E-state index contributed by atoms with van der Waals surface area (Å²) in [5, 5.41) is 4.29. The standard InChI is InChI=1S/C18H14N4O/c23-18-16(14-2-1-3-17-15(14)6-9-20-17)10-13(11-21-18)22-12-4-7-19-8-5-12/h1-11,20H,(H,19,22)(H,21,23). The van der Waals surface area contributed by atoms with Gasteiger partial charge < -0.3 is 15.3 Å². The largest absolute Gasteiger partial charge is 0.361 e. The van der Waals surface area contributed by atoms with Crippen LogP contribution in [0.3, 0.4) is 0 Å². The van der Waals surface area contributed by atoms with E-state index in [0.717, 1.165) is 27.8 Å². The van der Waals surface area contributed by atoms with Crippen molar-refractivity contribution >= 4 is 22.3 Å². The third-order valence-corrected chi connectivity index (χ3v) is 3.76. The number of aromatic nitrogens is 3. The van der Waals surface area contributed by atoms with Crippen molar-refractivity contribution in [3.8, 4) is 11.1 Å². The zero-order valence-corrected chi connectivity index (χ0v) is 12.2. The van der Waals surface area contributed by atoms with Gasteiger partial charge in [0.2, 0.25) is 0 Å². The summed E-state index contributed by atoms with van der Waals surface area (Å²) in [5.41, 5.74) is 4.17. The number of anilines is 2. The van der Waals surface area contributed by atoms with Crippen LogP contribution in [0.25, 0.3) is 22.0 Å². The van der Waals surface area contributed by atoms with Crippen molar-refractivity contribution in [3.05, 3.63) is 77.6 Å². The minimum absolute atomic E-state index is 0.112. The van der Waals surface area contributed by atoms with Crippen LogP contribution in [0, 0.1) is 0 Å². The molecule has 0 spiro atoms. The molecule has 5 heteroatoms. The molecule has 3 aromatic heterocycles. The predicted molar refractivity (Wildman–Crippen MR) is 91.9 cm³/mol. The number of hydrogen-bond donors (Lipinski definition) is 3. The minimum Gasteiger partial charge on any atom is -0.361 e. The molecular weight excluding hydrogens is 288 g/mol. The van der Waals surface area contributed by atoms with Gasteiger partial charge in [0.05, 0.1) is 5.69 Å². The molecule has 0 saturated heterocycles. The first kappa shape index (κ1) is 13.3. The van der Waals surface area contributed by atoms with Crippen molar-refractivity contribution in [2.24, 2.45) is 0 Å². The molecule has 0 aliphatic carbocycles. The highest BCUT2D eigenvalue weighted by atomic mass is 16.1. The number of nitrogens with zero attached hydrogens (tertiary/aromatic N) is 1. The van der Waals surface area contributed by atoms with Crippen LogP contribution in [0.15, 0.2) is 72.0 Å². The van der Waals surface area contributed by atoms with Gasteiger partial charge in [-0.15, -0.1) is 0 Å². The number of H-pyrrole nitrogens is 2. The highest BCUT2D eigenvalue weighted by Crippen LogP contribution is 2.27. The Morgan fingerprint density at radius 1 is 0.913 bits per heavy atom. The molecule has 0 bridgehead atoms. The Labute approximate surface area is 132 Å². The van der Waals surface area contributed by atoms with Crippen LogP contribution in [-0.2, 0) is 0 Å². The van der Waals surface area contributed by atoms with Gasteiger partial charge in [-0.05, 0) is 35.9 Å². The lowest BCUT2D eigenvalue weighted by Gasteiger charge is -2.08. The molecule has 0 saturated carbocycles. The number of nitrogens with one attached hydrogen (secondary N) is 3. The summed E-state index contributed by atoms with van der Waals surface area (Å²) in [6, 6.07) is 13.5. The number of aromatic amines is 2. The van der Waals surface area contributed by atoms with Crippen molar-refractivity contribution in [3.63, 3.8) is 0 Å². The average Bonchev–Trinajstić information content (AvgIpc) is 3.06. The summed E-state index contributed by atoms with van der Waals surface area (Å²) in [5.74, 6) is 0. The fourth-order valence-electron chi connectivity index (χ4n) is 2.68. The Kier molecular flexibility index (Phi) is 3.16. The van der Waals surface area contributed by atoms with Crippen LogP contribution in [0.1, 0.15) is 0 Å². The highest BCUT2D eigenvalue weighted by molar-refractivity contribution is 5.95. The fourth-order valence-corrected chi connectivity index (χ4v) is 2.68. The lowest BCUT2D eigenvalue weighted by Crippen LogP contribution is -2.09. The van der Waals surface area contributed by atoms with Crippen molar-refractivity contribution < 1.29 is 0 Å². The van der Waals surface area contributed by atoms with E-state index < -0.39 is 0 Å². The second-order valence-electron chi connectivity index (χ2n) is 5.24. The van der Waals surface area contributed by atoms with Crippen LogP contribution >= 0.6 is 0 Å². The van der Waals surface area contributed by atoms with Crippen LogP contribution in [-0.4, -0.2) is 15.0 Å². The lowest BCUT2D eigenvalue weighted by atomic mass is 10.0. The first-order chi connectivity index (χ1) is 11.3. The van der Waals surface area contributed by atoms with Crippen LogP contribution in [0.5, 0.6) is 0 Å². The second-order valence-corrected chi connectivity index (χ2v) is 5.24. The van der Waals surface area contributed by atoms with Gasteiger partial charge in [-0.1, -0.05) is 12.1 Å². The predicted octanol–water partition coefficient (Wildman–Crippen LogP) is 3.66. The Morgan fingerprint density at radius 3 is 2.65 bits per heavy atom. The van der Waals surface area contributed by atoms with Gasteiger partial charge in [0.25, 0.3) is 5.56 Å². The number of rotatable bonds is 3. The monoisotopic (exact) mass is 302 g/mol. The molecule has 1 aromatic carbocycles. The van der Waals surface area contributed by atoms with E-state index in [1.165, 1.54) is 0 Å². The number of pyridine rings is 2. The van der Waals surface area contributed by atoms with E-state index in [2.05, 4.69) is 20.3 Å². The van der Waals surface area contributed by atoms with Crippen LogP contribution < -0.4 is 10.9 Å². The molecule has 0 aliphatic rings. The normalized spacial score (nSPS) is 10.8. The van der Waals surface area contributed by atoms with E-state index in [9.17, 15) is 4.79 Å². The summed E-state index contributed by atoms with van der Waals surface area (Å²) >= 11 is 0. The molecule has 0 amide bonds. The van der Waals surface area contributed by atoms with Crippen molar-refractivity contribution in [2.75, 3.05) is 5.32 Å². The molecule has 0 unspecified atom stereocenters. The molecule has 0 aliphatic heterocycles. The van der Waals surface area contributed by atoms with Gasteiger partial charge in [0, 0.05) is 46.9 Å². The van der Waals surface area contributed by atoms with Crippen molar-refractivity contribution in [2.45, 2.75) is 0 Å². The molecule has 0 fully saturated rings. The minimum atomic E-state index is -0.112. The van der Waals surface area contributed by atoms with Gasteiger partial charge in [0.1, 0.15) is 0 Å². The van der Waals surface area contributed by atoms with E-state index in [1.54, 1.807) is 18.6 Å². The Balaban J connectivity index is 1.81. The first-order valence-electron chi connectivity index (χ1n) is 7.27. The molecule has 4 rings (SSSR count). The Bertz CT molecular complexity index is 1020. The highest BCUT2D eigenvalue weighted by Gasteiger charge is 2.09. The third kappa shape index (κ3) is 2.48. The van der Waals surface area contributed by atoms with Gasteiger partial charge >= 0.3 is 0 Å². The second kappa shape index (κ2) is 5.46. The maximum absolute atomic E-state index is 12.3. The number of benzene rings is 1. The Hall–Kier alpha value is -3.34. The third-order valence-electron chi connectivity index (χ3n) is 3.76. The fraction of sp³-hybridized carbons (Fsp3) is 0. The van der Waals surface area contributed by atoms with E-state index in [0.29, 0.717) is 5.56 Å². The average molecular weight is 302 g/mol. The molecule has 5 nitrogen and oxygen atoms in total. The molecule has 23 heavy (non-hydrogen) atoms. The van der Waals surface area contributed by atoms with Crippen molar-refractivity contribution in [1.82, 2.24) is 15.0 Å². The molecule has 3 N–H and O–H groups in total. The molecule has 4 aromatic rings. The van der Waals surface area contributed by atoms with Gasteiger partial charge in [-0.2, -0.15) is 0 Å². The van der Waals surface area contributed by atoms with E-state index in [-0.39, 0.29) is 5.56 Å². The molecule has 0 radical (unpaired) electrons. The molecule has 0 atom stereocenters. The molecular formula is C18H14N4O. The topological polar surface area (TPSA) is 73.6 Å². The summed E-state index contributed by atoms with van der Waals surface area (Å²) in [4.78, 5) is 22.2. The molecule has 112 valence electrons. The van der Waals surface area contributed by atoms with E-state index >= 15 is 0 Å². The SMILES string of the molecule is O=c1[nH]cc(Nc2ccncc2)cc1-c1cccc2[nH]ccc12. The van der Waals surface area contributed by atoms with Crippen molar-refractivity contribution in [1.29, 1.82) is 0 Å². The van der Waals surface area contributed by atoms with Gasteiger partial charge in [-0.25, -0.2) is 0 Å². The quantitative estimate of drug-likeness (QED) is 0.540. The van der Waals surface area contributed by atoms with E-state index in [4.69, 9.17) is 0 Å². The van der Waals surface area contributed by atoms with Crippen LogP contribution in [0.2, 0.25) is 0 Å². The smallest absolute Gasteiger partial charge is 0.255 e. The first-order valence-corrected chi connectivity index (χ1v) is 7.27. The van der Waals surface area contributed by atoms with E-state index in [1.807, 2.05) is 48.7 Å². The van der Waals surface area contributed by atoms with Crippen LogP contribution in [0.4, 0.5) is 11.4 Å². The summed E-state index contributed by atoms with van der Waals surface area (Å²) in [6.07, 6.45) is 6.98. The summed E-state index contributed by atoms with van der Waals surface area (Å²) < 4.78 is 0. The van der Waals surface area contributed by atoms with Gasteiger partial charge in [-0.3, -0.25) is 9.78 Å². The number of hydrogen-bond acceptors (Lipinski definition) is 3. The summed E-state index contributed by atoms with van der Waals surface area (Å²) in [6.45, 7) is 0. The zero-order valence-electron chi connectivity index (χ0n) is 12.2. The summed E-state index contributed by atoms with van der Waals surface area (Å²) in [7, 11) is 0. The van der Waals surface area contributed by atoms with Gasteiger partial charge in [0.15, 0.2) is 0 Å². The molecule has 3 heterocycles. The maximum atomic E-state index is 12.3. The Morgan fingerprint density at radius 2 is 1.78 bits per heavy atom. The maximum Gasteiger partial charge on any atom is 0.255 e. The zero-order chi connectivity index (χ0) is 15.6.